The van der Waals surface area contributed by atoms with Crippen LogP contribution in [-0.4, -0.2) is 63.2 Å². The van der Waals surface area contributed by atoms with Crippen LogP contribution in [0.1, 0.15) is 69.9 Å². The molecular formula is C22H34N4O4. The maximum absolute atomic E-state index is 13.1. The van der Waals surface area contributed by atoms with Crippen LogP contribution in [0.2, 0.25) is 0 Å². The predicted molar refractivity (Wildman–Crippen MR) is 110 cm³/mol. The van der Waals surface area contributed by atoms with Crippen LogP contribution in [0, 0.1) is 10.8 Å². The number of carboxylic acids is 1. The van der Waals surface area contributed by atoms with Gasteiger partial charge in [0.1, 0.15) is 0 Å². The Morgan fingerprint density at radius 2 is 1.97 bits per heavy atom. The molecule has 0 spiro atoms. The van der Waals surface area contributed by atoms with Crippen molar-refractivity contribution in [3.8, 4) is 0 Å². The standard InChI is InChI=1S/C22H34N4O4/c1-25(19(27)22(10-11-22)18-7-3-6-14-30-18)12-13-26-16-17(23-24-26)15-21(20(28)29)8-4-2-5-9-21/h16,18H,2-15H2,1H3,(H,28,29). The highest BCUT2D eigenvalue weighted by Gasteiger charge is 2.57. The predicted octanol–water partition coefficient (Wildman–Crippen LogP) is 2.66. The zero-order valence-corrected chi connectivity index (χ0v) is 18.0. The maximum Gasteiger partial charge on any atom is 0.310 e. The molecule has 1 aliphatic heterocycles. The summed E-state index contributed by atoms with van der Waals surface area (Å²) in [6.45, 7) is 1.88. The fourth-order valence-corrected chi connectivity index (χ4v) is 5.29. The maximum atomic E-state index is 13.1. The summed E-state index contributed by atoms with van der Waals surface area (Å²) in [7, 11) is 1.85. The van der Waals surface area contributed by atoms with Gasteiger partial charge in [-0.15, -0.1) is 5.10 Å². The molecule has 1 atom stereocenters. The molecule has 0 aromatic carbocycles. The lowest BCUT2D eigenvalue weighted by molar-refractivity contribution is -0.151. The molecule has 1 aromatic heterocycles. The molecule has 2 aliphatic carbocycles. The molecule has 1 unspecified atom stereocenters. The van der Waals surface area contributed by atoms with Gasteiger partial charge in [0.15, 0.2) is 0 Å². The van der Waals surface area contributed by atoms with Crippen LogP contribution in [-0.2, 0) is 27.3 Å². The second-order valence-electron chi connectivity index (χ2n) is 9.53. The smallest absolute Gasteiger partial charge is 0.310 e. The second-order valence-corrected chi connectivity index (χ2v) is 9.53. The van der Waals surface area contributed by atoms with Crippen molar-refractivity contribution in [2.24, 2.45) is 10.8 Å². The van der Waals surface area contributed by atoms with Gasteiger partial charge in [-0.1, -0.05) is 24.5 Å². The van der Waals surface area contributed by atoms with E-state index in [4.69, 9.17) is 4.74 Å². The van der Waals surface area contributed by atoms with E-state index in [2.05, 4.69) is 10.3 Å². The van der Waals surface area contributed by atoms with Crippen LogP contribution in [0.25, 0.3) is 0 Å². The third kappa shape index (κ3) is 4.24. The number of aliphatic carboxylic acids is 1. The van der Waals surface area contributed by atoms with E-state index in [1.807, 2.05) is 13.2 Å². The summed E-state index contributed by atoms with van der Waals surface area (Å²) in [5, 5.41) is 18.2. The van der Waals surface area contributed by atoms with Gasteiger partial charge >= 0.3 is 5.97 Å². The molecule has 0 radical (unpaired) electrons. The quantitative estimate of drug-likeness (QED) is 0.697. The Morgan fingerprint density at radius 3 is 2.60 bits per heavy atom. The van der Waals surface area contributed by atoms with Gasteiger partial charge in [0, 0.05) is 32.8 Å². The Balaban J connectivity index is 1.32. The van der Waals surface area contributed by atoms with Crippen LogP contribution in [0.15, 0.2) is 6.20 Å². The van der Waals surface area contributed by atoms with Crippen molar-refractivity contribution in [3.63, 3.8) is 0 Å². The molecule has 3 aliphatic rings. The number of hydrogen-bond donors (Lipinski definition) is 1. The van der Waals surface area contributed by atoms with E-state index < -0.39 is 11.4 Å². The zero-order chi connectivity index (χ0) is 21.2. The highest BCUT2D eigenvalue weighted by molar-refractivity contribution is 5.86. The molecule has 1 aromatic rings. The number of carboxylic acid groups (broad SMARTS) is 1. The summed E-state index contributed by atoms with van der Waals surface area (Å²) in [5.41, 5.74) is -0.288. The minimum absolute atomic E-state index is 0.0712. The van der Waals surface area contributed by atoms with Gasteiger partial charge in [-0.2, -0.15) is 0 Å². The van der Waals surface area contributed by atoms with Crippen molar-refractivity contribution >= 4 is 11.9 Å². The molecule has 1 amide bonds. The highest BCUT2D eigenvalue weighted by atomic mass is 16.5. The summed E-state index contributed by atoms with van der Waals surface area (Å²) >= 11 is 0. The Morgan fingerprint density at radius 1 is 1.20 bits per heavy atom. The van der Waals surface area contributed by atoms with Crippen molar-refractivity contribution in [1.29, 1.82) is 0 Å². The molecule has 4 rings (SSSR count). The average molecular weight is 419 g/mol. The van der Waals surface area contributed by atoms with E-state index in [0.717, 1.165) is 63.7 Å². The molecule has 30 heavy (non-hydrogen) atoms. The minimum atomic E-state index is -0.721. The van der Waals surface area contributed by atoms with Crippen molar-refractivity contribution < 1.29 is 19.4 Å². The van der Waals surface area contributed by atoms with Crippen LogP contribution in [0.3, 0.4) is 0 Å². The van der Waals surface area contributed by atoms with Crippen LogP contribution >= 0.6 is 0 Å². The van der Waals surface area contributed by atoms with E-state index in [1.165, 1.54) is 0 Å². The van der Waals surface area contributed by atoms with Crippen LogP contribution in [0.5, 0.6) is 0 Å². The molecule has 8 heteroatoms. The van der Waals surface area contributed by atoms with Gasteiger partial charge in [0.25, 0.3) is 0 Å². The lowest BCUT2D eigenvalue weighted by Gasteiger charge is -2.32. The van der Waals surface area contributed by atoms with Crippen LogP contribution in [0.4, 0.5) is 0 Å². The van der Waals surface area contributed by atoms with Crippen molar-refractivity contribution in [2.45, 2.75) is 83.3 Å². The number of aromatic nitrogens is 3. The number of hydrogen-bond acceptors (Lipinski definition) is 5. The average Bonchev–Trinajstić information content (AvgIpc) is 3.47. The molecule has 3 fully saturated rings. The summed E-state index contributed by atoms with van der Waals surface area (Å²) in [4.78, 5) is 26.8. The first-order valence-electron chi connectivity index (χ1n) is 11.4. The highest BCUT2D eigenvalue weighted by Crippen LogP contribution is 2.53. The summed E-state index contributed by atoms with van der Waals surface area (Å²) in [6.07, 6.45) is 11.8. The lowest BCUT2D eigenvalue weighted by Crippen LogP contribution is -2.43. The number of rotatable bonds is 8. The number of likely N-dealkylation sites (N-methyl/N-ethyl adjacent to an activating group) is 1. The molecule has 166 valence electrons. The van der Waals surface area contributed by atoms with Crippen molar-refractivity contribution in [1.82, 2.24) is 19.9 Å². The minimum Gasteiger partial charge on any atom is -0.481 e. The Labute approximate surface area is 177 Å². The molecule has 8 nitrogen and oxygen atoms in total. The number of amides is 1. The number of carbonyl (C=O) groups is 2. The Bertz CT molecular complexity index is 761. The van der Waals surface area contributed by atoms with Crippen molar-refractivity contribution in [3.05, 3.63) is 11.9 Å². The normalized spacial score (nSPS) is 24.9. The Kier molecular flexibility index (Phi) is 6.14. The van der Waals surface area contributed by atoms with Crippen molar-refractivity contribution in [2.75, 3.05) is 20.2 Å². The summed E-state index contributed by atoms with van der Waals surface area (Å²) in [6, 6.07) is 0. The molecular weight excluding hydrogens is 384 g/mol. The second kappa shape index (κ2) is 8.65. The van der Waals surface area contributed by atoms with Gasteiger partial charge in [-0.05, 0) is 44.9 Å². The third-order valence-electron chi connectivity index (χ3n) is 7.39. The zero-order valence-electron chi connectivity index (χ0n) is 18.0. The molecule has 1 N–H and O–H groups in total. The van der Waals surface area contributed by atoms with E-state index in [-0.39, 0.29) is 17.4 Å². The Hall–Kier alpha value is -1.96. The lowest BCUT2D eigenvalue weighted by atomic mass is 9.71. The van der Waals surface area contributed by atoms with Crippen LogP contribution < -0.4 is 0 Å². The van der Waals surface area contributed by atoms with Gasteiger partial charge in [-0.3, -0.25) is 14.3 Å². The molecule has 2 saturated carbocycles. The molecule has 0 bridgehead atoms. The van der Waals surface area contributed by atoms with E-state index in [1.54, 1.807) is 9.58 Å². The largest absolute Gasteiger partial charge is 0.481 e. The van der Waals surface area contributed by atoms with Gasteiger partial charge in [0.2, 0.25) is 5.91 Å². The topological polar surface area (TPSA) is 97.5 Å². The number of nitrogens with zero attached hydrogens (tertiary/aromatic N) is 4. The number of carbonyl (C=O) groups excluding carboxylic acids is 1. The molecule has 2 heterocycles. The van der Waals surface area contributed by atoms with E-state index in [9.17, 15) is 14.7 Å². The first-order valence-corrected chi connectivity index (χ1v) is 11.4. The first kappa shape index (κ1) is 21.3. The van der Waals surface area contributed by atoms with E-state index in [0.29, 0.717) is 32.4 Å². The fourth-order valence-electron chi connectivity index (χ4n) is 5.29. The SMILES string of the molecule is CN(CCn1cc(CC2(C(=O)O)CCCCC2)nn1)C(=O)C1(C2CCCCO2)CC1. The van der Waals surface area contributed by atoms with Gasteiger partial charge in [0.05, 0.1) is 29.2 Å². The third-order valence-corrected chi connectivity index (χ3v) is 7.39. The van der Waals surface area contributed by atoms with Gasteiger partial charge in [-0.25, -0.2) is 0 Å². The monoisotopic (exact) mass is 418 g/mol. The fraction of sp³-hybridized carbons (Fsp3) is 0.818. The van der Waals surface area contributed by atoms with Gasteiger partial charge < -0.3 is 14.7 Å². The summed E-state index contributed by atoms with van der Waals surface area (Å²) in [5.74, 6) is -0.538. The van der Waals surface area contributed by atoms with E-state index >= 15 is 0 Å². The summed E-state index contributed by atoms with van der Waals surface area (Å²) < 4.78 is 7.65. The number of ether oxygens (including phenoxy) is 1. The molecule has 1 saturated heterocycles. The first-order chi connectivity index (χ1) is 14.5.